The van der Waals surface area contributed by atoms with Gasteiger partial charge in [-0.2, -0.15) is 0 Å². The lowest BCUT2D eigenvalue weighted by Gasteiger charge is -2.18. The summed E-state index contributed by atoms with van der Waals surface area (Å²) in [7, 11) is 0. The third kappa shape index (κ3) is 5.91. The monoisotopic (exact) mass is 275 g/mol. The van der Waals surface area contributed by atoms with Gasteiger partial charge in [-0.25, -0.2) is 9.59 Å². The number of aromatic carboxylic acids is 1. The van der Waals surface area contributed by atoms with Gasteiger partial charge in [0.1, 0.15) is 5.60 Å². The third-order valence-electron chi connectivity index (χ3n) is 2.06. The van der Waals surface area contributed by atoms with Gasteiger partial charge in [0, 0.05) is 5.56 Å². The first-order chi connectivity index (χ1) is 9.28. The van der Waals surface area contributed by atoms with Gasteiger partial charge in [-0.3, -0.25) is 0 Å². The van der Waals surface area contributed by atoms with Crippen molar-refractivity contribution in [1.29, 1.82) is 0 Å². The topological polar surface area (TPSA) is 75.6 Å². The molecule has 20 heavy (non-hydrogen) atoms. The van der Waals surface area contributed by atoms with Crippen LogP contribution in [0.4, 0.5) is 4.79 Å². The SMILES string of the molecule is CC(C)(C)OC(=O)NCC#Cc1cccc(C(=O)O)c1. The maximum atomic E-state index is 11.3. The summed E-state index contributed by atoms with van der Waals surface area (Å²) in [6, 6.07) is 6.29. The van der Waals surface area contributed by atoms with Crippen molar-refractivity contribution in [2.45, 2.75) is 26.4 Å². The van der Waals surface area contributed by atoms with E-state index in [0.29, 0.717) is 5.56 Å². The fourth-order valence-electron chi connectivity index (χ4n) is 1.31. The molecule has 0 radical (unpaired) electrons. The molecule has 5 nitrogen and oxygen atoms in total. The van der Waals surface area contributed by atoms with E-state index in [1.165, 1.54) is 12.1 Å². The smallest absolute Gasteiger partial charge is 0.408 e. The second-order valence-corrected chi connectivity index (χ2v) is 5.04. The van der Waals surface area contributed by atoms with E-state index in [9.17, 15) is 9.59 Å². The summed E-state index contributed by atoms with van der Waals surface area (Å²) in [5.74, 6) is 4.50. The largest absolute Gasteiger partial charge is 0.478 e. The van der Waals surface area contributed by atoms with Gasteiger partial charge < -0.3 is 15.2 Å². The highest BCUT2D eigenvalue weighted by atomic mass is 16.6. The molecule has 1 aromatic rings. The molecule has 0 aliphatic carbocycles. The molecule has 0 bridgehead atoms. The maximum Gasteiger partial charge on any atom is 0.408 e. The number of alkyl carbamates (subject to hydrolysis) is 1. The van der Waals surface area contributed by atoms with Crippen molar-refractivity contribution in [2.24, 2.45) is 0 Å². The molecule has 0 saturated heterocycles. The number of rotatable bonds is 2. The van der Waals surface area contributed by atoms with Crippen molar-refractivity contribution in [3.05, 3.63) is 35.4 Å². The molecule has 0 unspecified atom stereocenters. The van der Waals surface area contributed by atoms with Gasteiger partial charge in [0.05, 0.1) is 12.1 Å². The summed E-state index contributed by atoms with van der Waals surface area (Å²) in [6.07, 6.45) is -0.536. The lowest BCUT2D eigenvalue weighted by atomic mass is 10.1. The lowest BCUT2D eigenvalue weighted by Crippen LogP contribution is -2.32. The number of carbonyl (C=O) groups is 2. The summed E-state index contributed by atoms with van der Waals surface area (Å²) < 4.78 is 5.05. The minimum Gasteiger partial charge on any atom is -0.478 e. The van der Waals surface area contributed by atoms with Gasteiger partial charge in [0.2, 0.25) is 0 Å². The minimum absolute atomic E-state index is 0.131. The van der Waals surface area contributed by atoms with Crippen LogP contribution in [0.15, 0.2) is 24.3 Å². The number of hydrogen-bond acceptors (Lipinski definition) is 3. The van der Waals surface area contributed by atoms with Gasteiger partial charge in [-0.1, -0.05) is 17.9 Å². The summed E-state index contributed by atoms with van der Waals surface area (Å²) >= 11 is 0. The van der Waals surface area contributed by atoms with Crippen molar-refractivity contribution in [3.8, 4) is 11.8 Å². The second kappa shape index (κ2) is 6.62. The van der Waals surface area contributed by atoms with Crippen LogP contribution in [0, 0.1) is 11.8 Å². The molecule has 1 rings (SSSR count). The van der Waals surface area contributed by atoms with Crippen molar-refractivity contribution in [1.82, 2.24) is 5.32 Å². The van der Waals surface area contributed by atoms with E-state index in [4.69, 9.17) is 9.84 Å². The van der Waals surface area contributed by atoms with Crippen molar-refractivity contribution >= 4 is 12.1 Å². The number of carboxylic acid groups (broad SMARTS) is 1. The van der Waals surface area contributed by atoms with Crippen LogP contribution in [0.25, 0.3) is 0 Å². The molecule has 2 N–H and O–H groups in total. The van der Waals surface area contributed by atoms with Crippen LogP contribution in [0.5, 0.6) is 0 Å². The van der Waals surface area contributed by atoms with Gasteiger partial charge in [0.25, 0.3) is 0 Å². The Bertz CT molecular complexity index is 561. The number of ether oxygens (including phenoxy) is 1. The molecule has 0 heterocycles. The molecule has 1 aromatic carbocycles. The Hall–Kier alpha value is -2.48. The molecule has 5 heteroatoms. The highest BCUT2D eigenvalue weighted by Gasteiger charge is 2.14. The van der Waals surface area contributed by atoms with Crippen LogP contribution in [0.3, 0.4) is 0 Å². The molecule has 0 aliphatic rings. The number of amides is 1. The van der Waals surface area contributed by atoms with Crippen molar-refractivity contribution in [3.63, 3.8) is 0 Å². The average Bonchev–Trinajstić information content (AvgIpc) is 2.33. The van der Waals surface area contributed by atoms with E-state index in [1.807, 2.05) is 0 Å². The van der Waals surface area contributed by atoms with Crippen LogP contribution in [0.2, 0.25) is 0 Å². The Balaban J connectivity index is 2.53. The van der Waals surface area contributed by atoms with E-state index < -0.39 is 17.7 Å². The van der Waals surface area contributed by atoms with Crippen molar-refractivity contribution in [2.75, 3.05) is 6.54 Å². The molecule has 0 atom stereocenters. The van der Waals surface area contributed by atoms with Crippen LogP contribution in [-0.2, 0) is 4.74 Å². The second-order valence-electron chi connectivity index (χ2n) is 5.04. The summed E-state index contributed by atoms with van der Waals surface area (Å²) in [5, 5.41) is 11.3. The molecule has 0 fully saturated rings. The Morgan fingerprint density at radius 3 is 2.65 bits per heavy atom. The third-order valence-corrected chi connectivity index (χ3v) is 2.06. The van der Waals surface area contributed by atoms with E-state index in [0.717, 1.165) is 0 Å². The van der Waals surface area contributed by atoms with E-state index >= 15 is 0 Å². The van der Waals surface area contributed by atoms with Gasteiger partial charge in [-0.05, 0) is 39.0 Å². The van der Waals surface area contributed by atoms with Crippen LogP contribution in [0.1, 0.15) is 36.7 Å². The predicted molar refractivity (Wildman–Crippen MR) is 74.5 cm³/mol. The van der Waals surface area contributed by atoms with Crippen LogP contribution in [-0.4, -0.2) is 29.3 Å². The molecule has 0 aliphatic heterocycles. The number of nitrogens with one attached hydrogen (secondary N) is 1. The number of benzene rings is 1. The first-order valence-corrected chi connectivity index (χ1v) is 6.07. The minimum atomic E-state index is -1.000. The van der Waals surface area contributed by atoms with Crippen LogP contribution >= 0.6 is 0 Å². The van der Waals surface area contributed by atoms with Gasteiger partial charge in [0.15, 0.2) is 0 Å². The Morgan fingerprint density at radius 1 is 1.35 bits per heavy atom. The Kier molecular flexibility index (Phi) is 5.15. The quantitative estimate of drug-likeness (QED) is 0.812. The molecule has 0 spiro atoms. The first kappa shape index (κ1) is 15.6. The van der Waals surface area contributed by atoms with Crippen LogP contribution < -0.4 is 5.32 Å². The zero-order valence-corrected chi connectivity index (χ0v) is 11.7. The summed E-state index contributed by atoms with van der Waals surface area (Å²) in [5.41, 5.74) is 0.209. The molecule has 0 saturated carbocycles. The average molecular weight is 275 g/mol. The van der Waals surface area contributed by atoms with Gasteiger partial charge in [-0.15, -0.1) is 0 Å². The lowest BCUT2D eigenvalue weighted by molar-refractivity contribution is 0.0534. The fraction of sp³-hybridized carbons (Fsp3) is 0.333. The molecule has 0 aromatic heterocycles. The molecular formula is C15H17NO4. The van der Waals surface area contributed by atoms with Gasteiger partial charge >= 0.3 is 12.1 Å². The summed E-state index contributed by atoms with van der Waals surface area (Å²) in [6.45, 7) is 5.45. The van der Waals surface area contributed by atoms with E-state index in [-0.39, 0.29) is 12.1 Å². The molecule has 106 valence electrons. The normalized spacial score (nSPS) is 10.2. The number of carboxylic acids is 1. The summed E-state index contributed by atoms with van der Waals surface area (Å²) in [4.78, 5) is 22.1. The standard InChI is InChI=1S/C15H17NO4/c1-15(2,3)20-14(19)16-9-5-7-11-6-4-8-12(10-11)13(17)18/h4,6,8,10H,9H2,1-3H3,(H,16,19)(H,17,18). The highest BCUT2D eigenvalue weighted by molar-refractivity contribution is 5.88. The fourth-order valence-corrected chi connectivity index (χ4v) is 1.31. The Morgan fingerprint density at radius 2 is 2.05 bits per heavy atom. The zero-order chi connectivity index (χ0) is 15.2. The molecule has 1 amide bonds. The predicted octanol–water partition coefficient (Wildman–Crippen LogP) is 2.26. The first-order valence-electron chi connectivity index (χ1n) is 6.07. The van der Waals surface area contributed by atoms with E-state index in [1.54, 1.807) is 32.9 Å². The number of hydrogen-bond donors (Lipinski definition) is 2. The van der Waals surface area contributed by atoms with E-state index in [2.05, 4.69) is 17.2 Å². The van der Waals surface area contributed by atoms with Crippen molar-refractivity contribution < 1.29 is 19.4 Å². The maximum absolute atomic E-state index is 11.3. The highest BCUT2D eigenvalue weighted by Crippen LogP contribution is 2.06. The Labute approximate surface area is 117 Å². The zero-order valence-electron chi connectivity index (χ0n) is 11.7. The molecular weight excluding hydrogens is 258 g/mol. The number of carbonyl (C=O) groups excluding carboxylic acids is 1.